The summed E-state index contributed by atoms with van der Waals surface area (Å²) in [6.07, 6.45) is 0. The van der Waals surface area contributed by atoms with Crippen molar-refractivity contribution in [2.45, 2.75) is 16.4 Å². The van der Waals surface area contributed by atoms with Gasteiger partial charge in [-0.25, -0.2) is 0 Å². The molecule has 2 aromatic carbocycles. The van der Waals surface area contributed by atoms with Crippen molar-refractivity contribution in [3.8, 4) is 5.75 Å². The van der Waals surface area contributed by atoms with Gasteiger partial charge in [-0.1, -0.05) is 23.9 Å². The van der Waals surface area contributed by atoms with Crippen molar-refractivity contribution in [2.75, 3.05) is 7.11 Å². The number of aliphatic hydroxyl groups excluding tert-OH is 1. The first-order chi connectivity index (χ1) is 9.63. The molecule has 0 aliphatic rings. The van der Waals surface area contributed by atoms with Crippen molar-refractivity contribution in [2.24, 2.45) is 0 Å². The molecule has 0 atom stereocenters. The third kappa shape index (κ3) is 3.28. The van der Waals surface area contributed by atoms with Crippen LogP contribution in [-0.2, 0) is 6.61 Å². The highest BCUT2D eigenvalue weighted by molar-refractivity contribution is 7.99. The van der Waals surface area contributed by atoms with Crippen LogP contribution in [0.15, 0.2) is 52.3 Å². The summed E-state index contributed by atoms with van der Waals surface area (Å²) in [6, 6.07) is 12.2. The van der Waals surface area contributed by atoms with E-state index in [2.05, 4.69) is 0 Å². The Labute approximate surface area is 120 Å². The number of rotatable bonds is 5. The molecule has 0 aromatic heterocycles. The van der Waals surface area contributed by atoms with Crippen molar-refractivity contribution >= 4 is 17.4 Å². The third-order valence-electron chi connectivity index (χ3n) is 2.69. The number of methoxy groups -OCH3 is 1. The van der Waals surface area contributed by atoms with Gasteiger partial charge in [0.05, 0.1) is 18.6 Å². The second kappa shape index (κ2) is 6.40. The first-order valence-corrected chi connectivity index (χ1v) is 6.66. The van der Waals surface area contributed by atoms with Crippen molar-refractivity contribution in [3.05, 3.63) is 58.1 Å². The molecular weight excluding hydrogens is 278 g/mol. The van der Waals surface area contributed by atoms with E-state index in [9.17, 15) is 10.1 Å². The first kappa shape index (κ1) is 14.4. The van der Waals surface area contributed by atoms with Crippen LogP contribution in [0.5, 0.6) is 5.75 Å². The number of nitrogens with zero attached hydrogens (tertiary/aromatic N) is 1. The molecule has 20 heavy (non-hydrogen) atoms. The molecule has 6 heteroatoms. The smallest absolute Gasteiger partial charge is 0.310 e. The number of nitro benzene ring substituents is 1. The Morgan fingerprint density at radius 3 is 2.40 bits per heavy atom. The molecule has 1 N–H and O–H groups in total. The molecule has 2 aromatic rings. The van der Waals surface area contributed by atoms with Crippen LogP contribution in [0.4, 0.5) is 5.69 Å². The molecule has 2 rings (SSSR count). The highest BCUT2D eigenvalue weighted by Crippen LogP contribution is 2.35. The Hall–Kier alpha value is -2.05. The molecular formula is C14H13NO4S. The van der Waals surface area contributed by atoms with Crippen molar-refractivity contribution in [1.82, 2.24) is 0 Å². The Morgan fingerprint density at radius 2 is 1.85 bits per heavy atom. The average Bonchev–Trinajstić information content (AvgIpc) is 2.47. The largest absolute Gasteiger partial charge is 0.490 e. The summed E-state index contributed by atoms with van der Waals surface area (Å²) < 4.78 is 5.03. The quantitative estimate of drug-likeness (QED) is 0.676. The molecule has 0 fully saturated rings. The second-order valence-corrected chi connectivity index (χ2v) is 5.14. The van der Waals surface area contributed by atoms with E-state index in [1.165, 1.54) is 24.9 Å². The fourth-order valence-electron chi connectivity index (χ4n) is 1.67. The predicted octanol–water partition coefficient (Wildman–Crippen LogP) is 3.25. The second-order valence-electron chi connectivity index (χ2n) is 3.99. The van der Waals surface area contributed by atoms with E-state index in [-0.39, 0.29) is 18.0 Å². The van der Waals surface area contributed by atoms with Gasteiger partial charge in [0.15, 0.2) is 5.75 Å². The summed E-state index contributed by atoms with van der Waals surface area (Å²) in [6.45, 7) is 0.0102. The van der Waals surface area contributed by atoms with Gasteiger partial charge in [0.25, 0.3) is 0 Å². The lowest BCUT2D eigenvalue weighted by atomic mass is 10.2. The lowest BCUT2D eigenvalue weighted by Crippen LogP contribution is -1.93. The average molecular weight is 291 g/mol. The van der Waals surface area contributed by atoms with Gasteiger partial charge in [-0.2, -0.15) is 0 Å². The maximum Gasteiger partial charge on any atom is 0.310 e. The molecule has 0 aliphatic heterocycles. The maximum atomic E-state index is 10.8. The predicted molar refractivity (Wildman–Crippen MR) is 76.1 cm³/mol. The minimum Gasteiger partial charge on any atom is -0.490 e. The van der Waals surface area contributed by atoms with Crippen LogP contribution < -0.4 is 4.74 Å². The summed E-state index contributed by atoms with van der Waals surface area (Å²) >= 11 is 1.47. The monoisotopic (exact) mass is 291 g/mol. The van der Waals surface area contributed by atoms with Gasteiger partial charge < -0.3 is 9.84 Å². The lowest BCUT2D eigenvalue weighted by Gasteiger charge is -2.06. The molecule has 104 valence electrons. The molecule has 5 nitrogen and oxygen atoms in total. The summed E-state index contributed by atoms with van der Waals surface area (Å²) in [5.41, 5.74) is 0.795. The summed E-state index contributed by atoms with van der Waals surface area (Å²) in [5, 5.41) is 19.8. The van der Waals surface area contributed by atoms with Crippen molar-refractivity contribution in [1.29, 1.82) is 0 Å². The van der Waals surface area contributed by atoms with Gasteiger partial charge in [0.2, 0.25) is 0 Å². The van der Waals surface area contributed by atoms with Gasteiger partial charge in [-0.05, 0) is 23.8 Å². The van der Waals surface area contributed by atoms with Crippen molar-refractivity contribution in [3.63, 3.8) is 0 Å². The number of hydrogen-bond acceptors (Lipinski definition) is 5. The highest BCUT2D eigenvalue weighted by atomic mass is 32.2. The van der Waals surface area contributed by atoms with E-state index in [0.717, 1.165) is 15.4 Å². The third-order valence-corrected chi connectivity index (χ3v) is 3.69. The molecule has 0 bridgehead atoms. The fraction of sp³-hybridized carbons (Fsp3) is 0.143. The molecule has 0 heterocycles. The van der Waals surface area contributed by atoms with E-state index in [4.69, 9.17) is 9.84 Å². The van der Waals surface area contributed by atoms with Crippen LogP contribution in [0.3, 0.4) is 0 Å². The van der Waals surface area contributed by atoms with E-state index in [1.54, 1.807) is 12.1 Å². The summed E-state index contributed by atoms with van der Waals surface area (Å²) in [5.74, 6) is 0.243. The topological polar surface area (TPSA) is 72.6 Å². The molecule has 0 radical (unpaired) electrons. The van der Waals surface area contributed by atoms with Crippen molar-refractivity contribution < 1.29 is 14.8 Å². The zero-order valence-electron chi connectivity index (χ0n) is 10.8. The first-order valence-electron chi connectivity index (χ1n) is 5.84. The molecule has 0 saturated carbocycles. The molecule has 0 unspecified atom stereocenters. The standard InChI is InChI=1S/C14H13NO4S/c1-19-14-8-12(6-7-13(14)15(17)18)20-11-4-2-10(9-16)3-5-11/h2-8,16H,9H2,1H3. The maximum absolute atomic E-state index is 10.8. The van der Waals surface area contributed by atoms with Crippen LogP contribution >= 0.6 is 11.8 Å². The SMILES string of the molecule is COc1cc(Sc2ccc(CO)cc2)ccc1[N+](=O)[O-]. The van der Waals surface area contributed by atoms with Crippen LogP contribution in [0.2, 0.25) is 0 Å². The number of aliphatic hydroxyl groups is 1. The number of ether oxygens (including phenoxy) is 1. The summed E-state index contributed by atoms with van der Waals surface area (Å²) in [7, 11) is 1.41. The number of nitro groups is 1. The zero-order chi connectivity index (χ0) is 14.5. The zero-order valence-corrected chi connectivity index (χ0v) is 11.6. The molecule has 0 aliphatic carbocycles. The Bertz CT molecular complexity index is 613. The van der Waals surface area contributed by atoms with E-state index < -0.39 is 4.92 Å². The van der Waals surface area contributed by atoms with Crippen LogP contribution in [-0.4, -0.2) is 17.1 Å². The highest BCUT2D eigenvalue weighted by Gasteiger charge is 2.14. The lowest BCUT2D eigenvalue weighted by molar-refractivity contribution is -0.385. The molecule has 0 spiro atoms. The van der Waals surface area contributed by atoms with Gasteiger partial charge in [-0.15, -0.1) is 0 Å². The van der Waals surface area contributed by atoms with Crippen LogP contribution in [0, 0.1) is 10.1 Å². The van der Waals surface area contributed by atoms with Crippen LogP contribution in [0.25, 0.3) is 0 Å². The molecule has 0 saturated heterocycles. The van der Waals surface area contributed by atoms with E-state index in [0.29, 0.717) is 0 Å². The summed E-state index contributed by atoms with van der Waals surface area (Å²) in [4.78, 5) is 12.2. The Balaban J connectivity index is 2.22. The van der Waals surface area contributed by atoms with E-state index >= 15 is 0 Å². The van der Waals surface area contributed by atoms with Gasteiger partial charge in [-0.3, -0.25) is 10.1 Å². The van der Waals surface area contributed by atoms with E-state index in [1.807, 2.05) is 24.3 Å². The van der Waals surface area contributed by atoms with Gasteiger partial charge in [0.1, 0.15) is 0 Å². The Kier molecular flexibility index (Phi) is 4.60. The van der Waals surface area contributed by atoms with Crippen LogP contribution in [0.1, 0.15) is 5.56 Å². The molecule has 0 amide bonds. The Morgan fingerprint density at radius 1 is 1.20 bits per heavy atom. The normalized spacial score (nSPS) is 10.3. The minimum atomic E-state index is -0.469. The van der Waals surface area contributed by atoms with Gasteiger partial charge in [0, 0.05) is 21.9 Å². The fourth-order valence-corrected chi connectivity index (χ4v) is 2.52. The number of benzene rings is 2. The number of hydrogen-bond donors (Lipinski definition) is 1. The van der Waals surface area contributed by atoms with Gasteiger partial charge >= 0.3 is 5.69 Å². The minimum absolute atomic E-state index is 0.0102.